The van der Waals surface area contributed by atoms with Crippen molar-refractivity contribution in [2.75, 3.05) is 19.5 Å². The summed E-state index contributed by atoms with van der Waals surface area (Å²) in [5.41, 5.74) is 0. The lowest BCUT2D eigenvalue weighted by molar-refractivity contribution is 0.0204. The van der Waals surface area contributed by atoms with E-state index in [2.05, 4.69) is 19.6 Å². The minimum Gasteiger partial charge on any atom is -0.391 e. The molecule has 1 rings (SSSR count). The van der Waals surface area contributed by atoms with Crippen LogP contribution < -0.4 is 0 Å². The standard InChI is InChI=1S/C10H20BO2P/c1-14(2,3)5-4-7-6-8(11)10(13)9(7)12/h7-10,12-13H,1,4-6H2,2-3H3/t7-,8+,9+,10?/m0/s1. The van der Waals surface area contributed by atoms with Crippen LogP contribution in [-0.2, 0) is 0 Å². The van der Waals surface area contributed by atoms with Crippen molar-refractivity contribution in [2.24, 2.45) is 5.92 Å². The van der Waals surface area contributed by atoms with E-state index < -0.39 is 19.1 Å². The molecule has 2 nitrogen and oxygen atoms in total. The van der Waals surface area contributed by atoms with Crippen molar-refractivity contribution in [1.82, 2.24) is 0 Å². The van der Waals surface area contributed by atoms with Gasteiger partial charge in [-0.2, -0.15) is 0 Å². The second-order valence-corrected chi connectivity index (χ2v) is 9.41. The summed E-state index contributed by atoms with van der Waals surface area (Å²) in [7, 11) is 5.68. The molecule has 2 radical (unpaired) electrons. The van der Waals surface area contributed by atoms with E-state index in [1.165, 1.54) is 0 Å². The highest BCUT2D eigenvalue weighted by Gasteiger charge is 2.37. The first-order valence-corrected chi connectivity index (χ1v) is 8.16. The highest BCUT2D eigenvalue weighted by molar-refractivity contribution is 7.72. The molecule has 0 amide bonds. The zero-order valence-corrected chi connectivity index (χ0v) is 9.95. The molecule has 1 fully saturated rings. The lowest BCUT2D eigenvalue weighted by Crippen LogP contribution is -2.27. The predicted molar refractivity (Wildman–Crippen MR) is 65.0 cm³/mol. The molecule has 0 aromatic heterocycles. The van der Waals surface area contributed by atoms with Gasteiger partial charge in [-0.05, 0) is 37.6 Å². The molecular formula is C10H20BO2P. The molecule has 1 saturated carbocycles. The first-order valence-electron chi connectivity index (χ1n) is 5.10. The molecule has 0 spiro atoms. The van der Waals surface area contributed by atoms with Crippen molar-refractivity contribution in [3.63, 3.8) is 0 Å². The third-order valence-electron chi connectivity index (χ3n) is 2.95. The van der Waals surface area contributed by atoms with Crippen LogP contribution in [0.5, 0.6) is 0 Å². The third-order valence-corrected chi connectivity index (χ3v) is 4.42. The normalized spacial score (nSPS) is 38.9. The van der Waals surface area contributed by atoms with E-state index in [-0.39, 0.29) is 11.7 Å². The Labute approximate surface area is 88.1 Å². The van der Waals surface area contributed by atoms with Crippen molar-refractivity contribution in [3.05, 3.63) is 0 Å². The summed E-state index contributed by atoms with van der Waals surface area (Å²) in [5, 5.41) is 19.2. The van der Waals surface area contributed by atoms with Gasteiger partial charge in [-0.25, -0.2) is 0 Å². The van der Waals surface area contributed by atoms with Gasteiger partial charge in [0.2, 0.25) is 0 Å². The zero-order valence-electron chi connectivity index (χ0n) is 9.06. The fraction of sp³-hybridized carbons (Fsp3) is 0.900. The number of rotatable bonds is 3. The summed E-state index contributed by atoms with van der Waals surface area (Å²) in [5.74, 6) is -0.0812. The van der Waals surface area contributed by atoms with Gasteiger partial charge in [0.15, 0.2) is 0 Å². The van der Waals surface area contributed by atoms with Gasteiger partial charge in [-0.1, -0.05) is 6.42 Å². The van der Waals surface area contributed by atoms with Gasteiger partial charge in [-0.3, -0.25) is 0 Å². The SMILES string of the molecule is [B][C@@H]1C[C@H](CCP(=C)(C)C)[C@@H](O)C1O. The third kappa shape index (κ3) is 3.15. The second kappa shape index (κ2) is 4.43. The van der Waals surface area contributed by atoms with Crippen LogP contribution in [-0.4, -0.2) is 56.1 Å². The molecule has 1 unspecified atom stereocenters. The van der Waals surface area contributed by atoms with Crippen LogP contribution >= 0.6 is 6.89 Å². The summed E-state index contributed by atoms with van der Waals surface area (Å²) in [6.07, 6.45) is 5.51. The molecule has 4 heteroatoms. The largest absolute Gasteiger partial charge is 0.391 e. The van der Waals surface area contributed by atoms with E-state index in [0.717, 1.165) is 19.0 Å². The van der Waals surface area contributed by atoms with E-state index in [9.17, 15) is 10.2 Å². The predicted octanol–water partition coefficient (Wildman–Crippen LogP) is 0.784. The van der Waals surface area contributed by atoms with Crippen molar-refractivity contribution in [1.29, 1.82) is 0 Å². The summed E-state index contributed by atoms with van der Waals surface area (Å²) < 4.78 is 0. The molecule has 0 aromatic rings. The molecule has 80 valence electrons. The van der Waals surface area contributed by atoms with Gasteiger partial charge in [0.25, 0.3) is 0 Å². The van der Waals surface area contributed by atoms with E-state index >= 15 is 0 Å². The Morgan fingerprint density at radius 3 is 2.29 bits per heavy atom. The Bertz CT molecular complexity index is 238. The number of aliphatic hydroxyl groups is 2. The topological polar surface area (TPSA) is 40.5 Å². The van der Waals surface area contributed by atoms with E-state index in [1.54, 1.807) is 0 Å². The Morgan fingerprint density at radius 1 is 1.36 bits per heavy atom. The van der Waals surface area contributed by atoms with Crippen LogP contribution in [0.4, 0.5) is 0 Å². The average Bonchev–Trinajstić information content (AvgIpc) is 2.28. The summed E-state index contributed by atoms with van der Waals surface area (Å²) >= 11 is 0. The zero-order chi connectivity index (χ0) is 10.9. The molecule has 4 atom stereocenters. The Balaban J connectivity index is 2.44. The van der Waals surface area contributed by atoms with Crippen molar-refractivity contribution < 1.29 is 10.2 Å². The Hall–Kier alpha value is 0.285. The van der Waals surface area contributed by atoms with Crippen LogP contribution in [0.3, 0.4) is 0 Å². The highest BCUT2D eigenvalue weighted by Crippen LogP contribution is 2.42. The fourth-order valence-corrected chi connectivity index (χ4v) is 3.00. The number of hydrogen-bond donors (Lipinski definition) is 2. The Morgan fingerprint density at radius 2 is 1.93 bits per heavy atom. The molecule has 1 aliphatic rings. The minimum absolute atomic E-state index is 0.168. The summed E-state index contributed by atoms with van der Waals surface area (Å²) in [6, 6.07) is 0. The number of hydrogen-bond acceptors (Lipinski definition) is 2. The molecular weight excluding hydrogens is 194 g/mol. The first kappa shape index (κ1) is 12.4. The van der Waals surface area contributed by atoms with Crippen LogP contribution in [0.1, 0.15) is 12.8 Å². The highest BCUT2D eigenvalue weighted by atomic mass is 31.2. The maximum atomic E-state index is 9.69. The molecule has 0 saturated heterocycles. The van der Waals surface area contributed by atoms with Gasteiger partial charge in [-0.15, -0.1) is 13.2 Å². The Kier molecular flexibility index (Phi) is 3.91. The van der Waals surface area contributed by atoms with Crippen molar-refractivity contribution >= 4 is 21.0 Å². The first-order chi connectivity index (χ1) is 6.31. The molecule has 2 N–H and O–H groups in total. The monoisotopic (exact) mass is 214 g/mol. The van der Waals surface area contributed by atoms with Gasteiger partial charge >= 0.3 is 0 Å². The lowest BCUT2D eigenvalue weighted by Gasteiger charge is -2.19. The minimum atomic E-state index is -1.02. The second-order valence-electron chi connectivity index (χ2n) is 5.09. The molecule has 0 heterocycles. The van der Waals surface area contributed by atoms with Gasteiger partial charge < -0.3 is 10.2 Å². The molecule has 0 bridgehead atoms. The van der Waals surface area contributed by atoms with E-state index in [4.69, 9.17) is 7.85 Å². The lowest BCUT2D eigenvalue weighted by atomic mass is 9.83. The van der Waals surface area contributed by atoms with Gasteiger partial charge in [0.1, 0.15) is 0 Å². The average molecular weight is 214 g/mol. The van der Waals surface area contributed by atoms with Crippen molar-refractivity contribution in [3.8, 4) is 0 Å². The fourth-order valence-electron chi connectivity index (χ4n) is 1.96. The van der Waals surface area contributed by atoms with Crippen molar-refractivity contribution in [2.45, 2.75) is 30.9 Å². The number of aliphatic hydroxyl groups excluding tert-OH is 2. The summed E-state index contributed by atoms with van der Waals surface area (Å²) in [6.45, 7) is 3.35. The summed E-state index contributed by atoms with van der Waals surface area (Å²) in [4.78, 5) is 0. The van der Waals surface area contributed by atoms with Crippen LogP contribution in [0, 0.1) is 5.92 Å². The molecule has 0 aliphatic heterocycles. The van der Waals surface area contributed by atoms with E-state index in [0.29, 0.717) is 0 Å². The maximum Gasteiger partial charge on any atom is 0.0822 e. The molecule has 14 heavy (non-hydrogen) atoms. The van der Waals surface area contributed by atoms with Crippen LogP contribution in [0.25, 0.3) is 0 Å². The van der Waals surface area contributed by atoms with E-state index in [1.807, 2.05) is 0 Å². The smallest absolute Gasteiger partial charge is 0.0822 e. The quantitative estimate of drug-likeness (QED) is 0.538. The van der Waals surface area contributed by atoms with Crippen LogP contribution in [0.15, 0.2) is 0 Å². The maximum absolute atomic E-state index is 9.69. The van der Waals surface area contributed by atoms with Gasteiger partial charge in [0, 0.05) is 0 Å². The van der Waals surface area contributed by atoms with Crippen LogP contribution in [0.2, 0.25) is 5.82 Å². The molecule has 0 aromatic carbocycles. The molecule has 1 aliphatic carbocycles. The van der Waals surface area contributed by atoms with Gasteiger partial charge in [0.05, 0.1) is 20.1 Å².